The molecular weight excluding hydrogens is 411 g/mol. The van der Waals surface area contributed by atoms with Gasteiger partial charge in [-0.2, -0.15) is 4.31 Å². The zero-order valence-corrected chi connectivity index (χ0v) is 16.4. The van der Waals surface area contributed by atoms with Crippen LogP contribution in [0, 0.1) is 5.92 Å². The molecule has 0 saturated carbocycles. The minimum Gasteiger partial charge on any atom is -0.320 e. The molecule has 1 aliphatic heterocycles. The molecule has 126 valence electrons. The van der Waals surface area contributed by atoms with Gasteiger partial charge in [0.15, 0.2) is 0 Å². The summed E-state index contributed by atoms with van der Waals surface area (Å²) in [6, 6.07) is 5.00. The Morgan fingerprint density at radius 2 is 2.00 bits per heavy atom. The third-order valence-electron chi connectivity index (χ3n) is 3.91. The van der Waals surface area contributed by atoms with Crippen molar-refractivity contribution in [1.82, 2.24) is 9.62 Å². The van der Waals surface area contributed by atoms with Gasteiger partial charge in [-0.1, -0.05) is 17.7 Å². The quantitative estimate of drug-likeness (QED) is 0.775. The van der Waals surface area contributed by atoms with E-state index in [9.17, 15) is 8.42 Å². The molecule has 4 nitrogen and oxygen atoms in total. The molecule has 2 rings (SSSR count). The zero-order valence-electron chi connectivity index (χ0n) is 12.4. The standard InChI is InChI=1S/C14H20BrClN2O2S.ClH/c1-17-8-5-11-6-9-18(10-7-11)21(19,20)13-4-2-3-12(15)14(13)16;/h2-4,11,17H,5-10H2,1H3;1H. The number of hydrogen-bond acceptors (Lipinski definition) is 3. The highest BCUT2D eigenvalue weighted by Gasteiger charge is 2.31. The van der Waals surface area contributed by atoms with Gasteiger partial charge >= 0.3 is 0 Å². The fraction of sp³-hybridized carbons (Fsp3) is 0.571. The van der Waals surface area contributed by atoms with E-state index in [-0.39, 0.29) is 22.3 Å². The van der Waals surface area contributed by atoms with Crippen LogP contribution in [-0.2, 0) is 10.0 Å². The number of benzene rings is 1. The smallest absolute Gasteiger partial charge is 0.244 e. The summed E-state index contributed by atoms with van der Waals surface area (Å²) in [4.78, 5) is 0.187. The molecule has 22 heavy (non-hydrogen) atoms. The van der Waals surface area contributed by atoms with E-state index in [1.165, 1.54) is 0 Å². The van der Waals surface area contributed by atoms with E-state index in [2.05, 4.69) is 21.2 Å². The van der Waals surface area contributed by atoms with Gasteiger partial charge in [0, 0.05) is 17.6 Å². The molecule has 8 heteroatoms. The number of nitrogens with one attached hydrogen (secondary N) is 1. The van der Waals surface area contributed by atoms with E-state index in [0.29, 0.717) is 23.5 Å². The summed E-state index contributed by atoms with van der Waals surface area (Å²) in [5.41, 5.74) is 0. The van der Waals surface area contributed by atoms with Crippen molar-refractivity contribution in [2.45, 2.75) is 24.2 Å². The maximum Gasteiger partial charge on any atom is 0.244 e. The average molecular weight is 432 g/mol. The summed E-state index contributed by atoms with van der Waals surface area (Å²) in [7, 11) is -1.56. The van der Waals surface area contributed by atoms with E-state index in [1.807, 2.05) is 7.05 Å². The predicted molar refractivity (Wildman–Crippen MR) is 96.4 cm³/mol. The summed E-state index contributed by atoms with van der Waals surface area (Å²) in [5, 5.41) is 3.40. The lowest BCUT2D eigenvalue weighted by atomic mass is 9.95. The number of piperidine rings is 1. The Morgan fingerprint density at radius 1 is 1.36 bits per heavy atom. The van der Waals surface area contributed by atoms with Crippen molar-refractivity contribution in [3.63, 3.8) is 0 Å². The van der Waals surface area contributed by atoms with E-state index in [0.717, 1.165) is 25.8 Å². The average Bonchev–Trinajstić information content (AvgIpc) is 2.48. The van der Waals surface area contributed by atoms with Gasteiger partial charge in [0.1, 0.15) is 4.90 Å². The fourth-order valence-corrected chi connectivity index (χ4v) is 5.08. The lowest BCUT2D eigenvalue weighted by Gasteiger charge is -2.31. The van der Waals surface area contributed by atoms with Crippen molar-refractivity contribution in [2.24, 2.45) is 5.92 Å². The molecule has 0 amide bonds. The molecule has 0 aliphatic carbocycles. The Bertz CT molecular complexity index is 591. The Hall–Kier alpha value is 0.150. The maximum absolute atomic E-state index is 12.7. The largest absolute Gasteiger partial charge is 0.320 e. The normalized spacial score (nSPS) is 17.2. The van der Waals surface area contributed by atoms with Crippen LogP contribution in [0.4, 0.5) is 0 Å². The van der Waals surface area contributed by atoms with Crippen molar-refractivity contribution in [3.05, 3.63) is 27.7 Å². The first kappa shape index (κ1) is 20.2. The fourth-order valence-electron chi connectivity index (χ4n) is 2.61. The second-order valence-corrected chi connectivity index (χ2v) is 8.43. The second-order valence-electron chi connectivity index (χ2n) is 5.29. The summed E-state index contributed by atoms with van der Waals surface area (Å²) in [6.45, 7) is 2.12. The molecule has 0 radical (unpaired) electrons. The Balaban J connectivity index is 0.00000242. The highest BCUT2D eigenvalue weighted by Crippen LogP contribution is 2.33. The summed E-state index contributed by atoms with van der Waals surface area (Å²) >= 11 is 9.41. The highest BCUT2D eigenvalue weighted by atomic mass is 79.9. The van der Waals surface area contributed by atoms with Gasteiger partial charge < -0.3 is 5.32 Å². The van der Waals surface area contributed by atoms with Crippen LogP contribution in [0.15, 0.2) is 27.6 Å². The molecular formula is C14H21BrCl2N2O2S. The number of halogens is 3. The molecule has 0 bridgehead atoms. The van der Waals surface area contributed by atoms with Gasteiger partial charge in [-0.3, -0.25) is 0 Å². The van der Waals surface area contributed by atoms with Gasteiger partial charge in [-0.25, -0.2) is 8.42 Å². The van der Waals surface area contributed by atoms with Crippen LogP contribution in [0.5, 0.6) is 0 Å². The van der Waals surface area contributed by atoms with Crippen LogP contribution >= 0.6 is 39.9 Å². The second kappa shape index (κ2) is 8.85. The van der Waals surface area contributed by atoms with Crippen molar-refractivity contribution >= 4 is 50.0 Å². The molecule has 0 atom stereocenters. The van der Waals surface area contributed by atoms with Crippen LogP contribution in [0.1, 0.15) is 19.3 Å². The molecule has 1 saturated heterocycles. The first-order valence-electron chi connectivity index (χ1n) is 7.05. The first-order valence-corrected chi connectivity index (χ1v) is 9.66. The van der Waals surface area contributed by atoms with Crippen molar-refractivity contribution in [3.8, 4) is 0 Å². The Morgan fingerprint density at radius 3 is 2.59 bits per heavy atom. The van der Waals surface area contributed by atoms with Gasteiger partial charge in [0.2, 0.25) is 10.0 Å². The number of rotatable bonds is 5. The molecule has 0 spiro atoms. The van der Waals surface area contributed by atoms with E-state index in [1.54, 1.807) is 22.5 Å². The lowest BCUT2D eigenvalue weighted by Crippen LogP contribution is -2.39. The summed E-state index contributed by atoms with van der Waals surface area (Å²) in [5.74, 6) is 0.599. The van der Waals surface area contributed by atoms with Crippen LogP contribution in [0.2, 0.25) is 5.02 Å². The van der Waals surface area contributed by atoms with Crippen molar-refractivity contribution in [2.75, 3.05) is 26.7 Å². The molecule has 1 N–H and O–H groups in total. The number of sulfonamides is 1. The van der Waals surface area contributed by atoms with Crippen LogP contribution in [-0.4, -0.2) is 39.4 Å². The Kier molecular flexibility index (Phi) is 8.12. The van der Waals surface area contributed by atoms with E-state index >= 15 is 0 Å². The third-order valence-corrected chi connectivity index (χ3v) is 7.26. The molecule has 0 aromatic heterocycles. The minimum absolute atomic E-state index is 0. The number of hydrogen-bond donors (Lipinski definition) is 1. The molecule has 1 aliphatic rings. The molecule has 0 unspecified atom stereocenters. The molecule has 1 fully saturated rings. The molecule has 1 aromatic rings. The summed E-state index contributed by atoms with van der Waals surface area (Å²) in [6.07, 6.45) is 2.92. The topological polar surface area (TPSA) is 49.4 Å². The van der Waals surface area contributed by atoms with Gasteiger partial charge in [0.05, 0.1) is 5.02 Å². The van der Waals surface area contributed by atoms with Crippen LogP contribution < -0.4 is 5.32 Å². The lowest BCUT2D eigenvalue weighted by molar-refractivity contribution is 0.263. The SMILES string of the molecule is CNCCC1CCN(S(=O)(=O)c2cccc(Br)c2Cl)CC1.Cl. The molecule has 1 heterocycles. The third kappa shape index (κ3) is 4.58. The predicted octanol–water partition coefficient (Wildman–Crippen LogP) is 3.53. The Labute approximate surface area is 152 Å². The van der Waals surface area contributed by atoms with E-state index in [4.69, 9.17) is 11.6 Å². The number of nitrogens with zero attached hydrogens (tertiary/aromatic N) is 1. The maximum atomic E-state index is 12.7. The molecule has 1 aromatic carbocycles. The van der Waals surface area contributed by atoms with Crippen LogP contribution in [0.3, 0.4) is 0 Å². The van der Waals surface area contributed by atoms with Gasteiger partial charge in [-0.15, -0.1) is 12.4 Å². The highest BCUT2D eigenvalue weighted by molar-refractivity contribution is 9.10. The van der Waals surface area contributed by atoms with E-state index < -0.39 is 10.0 Å². The van der Waals surface area contributed by atoms with Crippen molar-refractivity contribution < 1.29 is 8.42 Å². The van der Waals surface area contributed by atoms with Gasteiger partial charge in [-0.05, 0) is 66.8 Å². The monoisotopic (exact) mass is 430 g/mol. The first-order chi connectivity index (χ1) is 9.96. The minimum atomic E-state index is -3.50. The van der Waals surface area contributed by atoms with Crippen LogP contribution in [0.25, 0.3) is 0 Å². The summed E-state index contributed by atoms with van der Waals surface area (Å²) < 4.78 is 27.5. The van der Waals surface area contributed by atoms with Crippen molar-refractivity contribution in [1.29, 1.82) is 0 Å². The zero-order chi connectivity index (χ0) is 15.5. The van der Waals surface area contributed by atoms with Gasteiger partial charge in [0.25, 0.3) is 0 Å².